The Kier molecular flexibility index (Phi) is 2.40. The molecule has 5 nitrogen and oxygen atoms in total. The quantitative estimate of drug-likeness (QED) is 0.880. The zero-order chi connectivity index (χ0) is 11.1. The molecule has 1 aliphatic carbocycles. The molecule has 0 aliphatic heterocycles. The average Bonchev–Trinajstić information content (AvgIpc) is 2.91. The summed E-state index contributed by atoms with van der Waals surface area (Å²) in [5.74, 6) is 1.64. The van der Waals surface area contributed by atoms with Crippen molar-refractivity contribution in [1.82, 2.24) is 25.1 Å². The summed E-state index contributed by atoms with van der Waals surface area (Å²) in [7, 11) is 1.97. The Bertz CT molecular complexity index is 494. The summed E-state index contributed by atoms with van der Waals surface area (Å²) in [5.41, 5.74) is 0. The van der Waals surface area contributed by atoms with Crippen molar-refractivity contribution in [3.63, 3.8) is 0 Å². The van der Waals surface area contributed by atoms with Gasteiger partial charge >= 0.3 is 0 Å². The van der Waals surface area contributed by atoms with Gasteiger partial charge in [-0.1, -0.05) is 18.3 Å². The Morgan fingerprint density at radius 1 is 1.50 bits per heavy atom. The summed E-state index contributed by atoms with van der Waals surface area (Å²) in [4.78, 5) is 0.922. The Balaban J connectivity index is 2.01. The summed E-state index contributed by atoms with van der Waals surface area (Å²) >= 11 is 1.64. The molecule has 2 aromatic heterocycles. The highest BCUT2D eigenvalue weighted by molar-refractivity contribution is 7.16. The molecule has 1 unspecified atom stereocenters. The van der Waals surface area contributed by atoms with Gasteiger partial charge in [0.05, 0.1) is 6.04 Å². The van der Waals surface area contributed by atoms with Crippen molar-refractivity contribution in [3.05, 3.63) is 10.8 Å². The fourth-order valence-electron chi connectivity index (χ4n) is 1.89. The van der Waals surface area contributed by atoms with Gasteiger partial charge in [0.15, 0.2) is 5.82 Å². The monoisotopic (exact) mass is 237 g/mol. The molecule has 2 heterocycles. The van der Waals surface area contributed by atoms with E-state index in [1.54, 1.807) is 11.3 Å². The molecular formula is C10H15N5S. The van der Waals surface area contributed by atoms with Gasteiger partial charge in [0, 0.05) is 5.92 Å². The number of nitrogens with zero attached hydrogens (tertiary/aromatic N) is 4. The summed E-state index contributed by atoms with van der Waals surface area (Å²) in [6.07, 6.45) is 3.51. The summed E-state index contributed by atoms with van der Waals surface area (Å²) in [6, 6.07) is 0.332. The second-order valence-corrected chi connectivity index (χ2v) is 5.20. The maximum Gasteiger partial charge on any atom is 0.234 e. The molecule has 86 valence electrons. The van der Waals surface area contributed by atoms with Crippen molar-refractivity contribution in [3.8, 4) is 0 Å². The molecule has 1 N–H and O–H groups in total. The van der Waals surface area contributed by atoms with Gasteiger partial charge in [0.2, 0.25) is 4.96 Å². The SMILES string of the molecule is CCC(NC)c1nn2c(C3CC3)nnc2s1. The minimum atomic E-state index is 0.332. The third-order valence-corrected chi connectivity index (χ3v) is 4.04. The van der Waals surface area contributed by atoms with Crippen molar-refractivity contribution >= 4 is 16.3 Å². The van der Waals surface area contributed by atoms with Gasteiger partial charge in [-0.15, -0.1) is 10.2 Å². The van der Waals surface area contributed by atoms with Gasteiger partial charge in [-0.25, -0.2) is 0 Å². The van der Waals surface area contributed by atoms with Gasteiger partial charge in [0.25, 0.3) is 0 Å². The predicted octanol–water partition coefficient (Wildman–Crippen LogP) is 1.73. The molecule has 0 aromatic carbocycles. The third kappa shape index (κ3) is 1.53. The van der Waals surface area contributed by atoms with E-state index in [4.69, 9.17) is 0 Å². The smallest absolute Gasteiger partial charge is 0.234 e. The molecular weight excluding hydrogens is 222 g/mol. The number of hydrogen-bond acceptors (Lipinski definition) is 5. The van der Waals surface area contributed by atoms with Crippen LogP contribution in [0.4, 0.5) is 0 Å². The first-order chi connectivity index (χ1) is 7.83. The van der Waals surface area contributed by atoms with Crippen molar-refractivity contribution in [2.24, 2.45) is 0 Å². The van der Waals surface area contributed by atoms with E-state index < -0.39 is 0 Å². The predicted molar refractivity (Wildman–Crippen MR) is 62.7 cm³/mol. The fraction of sp³-hybridized carbons (Fsp3) is 0.700. The van der Waals surface area contributed by atoms with Crippen LogP contribution in [-0.2, 0) is 0 Å². The number of aromatic nitrogens is 4. The van der Waals surface area contributed by atoms with E-state index in [2.05, 4.69) is 27.5 Å². The molecule has 0 spiro atoms. The van der Waals surface area contributed by atoms with E-state index in [1.165, 1.54) is 12.8 Å². The minimum absolute atomic E-state index is 0.332. The number of hydrogen-bond donors (Lipinski definition) is 1. The number of fused-ring (bicyclic) bond motifs is 1. The van der Waals surface area contributed by atoms with E-state index in [1.807, 2.05) is 11.6 Å². The maximum atomic E-state index is 4.62. The Morgan fingerprint density at radius 3 is 2.94 bits per heavy atom. The van der Waals surface area contributed by atoms with Crippen LogP contribution in [0.1, 0.15) is 49.0 Å². The lowest BCUT2D eigenvalue weighted by molar-refractivity contribution is 0.563. The van der Waals surface area contributed by atoms with Crippen molar-refractivity contribution in [2.45, 2.75) is 38.1 Å². The van der Waals surface area contributed by atoms with Crippen LogP contribution >= 0.6 is 11.3 Å². The van der Waals surface area contributed by atoms with Gasteiger partial charge in [-0.2, -0.15) is 9.61 Å². The highest BCUT2D eigenvalue weighted by atomic mass is 32.1. The zero-order valence-corrected chi connectivity index (χ0v) is 10.3. The molecule has 1 saturated carbocycles. The molecule has 1 fully saturated rings. The first-order valence-electron chi connectivity index (χ1n) is 5.72. The van der Waals surface area contributed by atoms with Crippen LogP contribution in [0.25, 0.3) is 4.96 Å². The van der Waals surface area contributed by atoms with Crippen LogP contribution in [0.3, 0.4) is 0 Å². The van der Waals surface area contributed by atoms with Crippen LogP contribution in [0.15, 0.2) is 0 Å². The maximum absolute atomic E-state index is 4.62. The average molecular weight is 237 g/mol. The van der Waals surface area contributed by atoms with Gasteiger partial charge < -0.3 is 5.32 Å². The van der Waals surface area contributed by atoms with Crippen LogP contribution in [0, 0.1) is 0 Å². The largest absolute Gasteiger partial charge is 0.311 e. The molecule has 0 amide bonds. The van der Waals surface area contributed by atoms with E-state index in [0.717, 1.165) is 22.2 Å². The lowest BCUT2D eigenvalue weighted by Crippen LogP contribution is -2.15. The molecule has 3 rings (SSSR count). The normalized spacial score (nSPS) is 18.1. The van der Waals surface area contributed by atoms with Crippen molar-refractivity contribution < 1.29 is 0 Å². The van der Waals surface area contributed by atoms with Crippen LogP contribution < -0.4 is 5.32 Å². The van der Waals surface area contributed by atoms with E-state index in [9.17, 15) is 0 Å². The molecule has 0 radical (unpaired) electrons. The van der Waals surface area contributed by atoms with Crippen LogP contribution in [0.5, 0.6) is 0 Å². The number of nitrogens with one attached hydrogen (secondary N) is 1. The second kappa shape index (κ2) is 3.78. The Morgan fingerprint density at radius 2 is 2.31 bits per heavy atom. The third-order valence-electron chi connectivity index (χ3n) is 3.03. The Hall–Kier alpha value is -1.01. The highest BCUT2D eigenvalue weighted by Crippen LogP contribution is 2.39. The van der Waals surface area contributed by atoms with Crippen molar-refractivity contribution in [2.75, 3.05) is 7.05 Å². The molecule has 0 bridgehead atoms. The summed E-state index contributed by atoms with van der Waals surface area (Å²) in [6.45, 7) is 2.16. The van der Waals surface area contributed by atoms with E-state index >= 15 is 0 Å². The molecule has 0 saturated heterocycles. The molecule has 1 atom stereocenters. The second-order valence-electron chi connectivity index (χ2n) is 4.22. The highest BCUT2D eigenvalue weighted by Gasteiger charge is 2.30. The standard InChI is InChI=1S/C10H15N5S/c1-3-7(11-2)9-14-15-8(6-4-5-6)12-13-10(15)16-9/h6-7,11H,3-5H2,1-2H3. The van der Waals surface area contributed by atoms with Crippen molar-refractivity contribution in [1.29, 1.82) is 0 Å². The molecule has 16 heavy (non-hydrogen) atoms. The first kappa shape index (κ1) is 10.2. The fourth-order valence-corrected chi connectivity index (χ4v) is 2.92. The molecule has 1 aliphatic rings. The van der Waals surface area contributed by atoms with Gasteiger partial charge in [0.1, 0.15) is 5.01 Å². The lowest BCUT2D eigenvalue weighted by atomic mass is 10.2. The summed E-state index contributed by atoms with van der Waals surface area (Å²) in [5, 5.41) is 17.4. The first-order valence-corrected chi connectivity index (χ1v) is 6.54. The van der Waals surface area contributed by atoms with Gasteiger partial charge in [-0.3, -0.25) is 0 Å². The minimum Gasteiger partial charge on any atom is -0.311 e. The Labute approximate surface area is 97.9 Å². The lowest BCUT2D eigenvalue weighted by Gasteiger charge is -2.08. The van der Waals surface area contributed by atoms with Crippen LogP contribution in [0.2, 0.25) is 0 Å². The number of rotatable bonds is 4. The zero-order valence-electron chi connectivity index (χ0n) is 9.47. The summed E-state index contributed by atoms with van der Waals surface area (Å²) < 4.78 is 1.93. The van der Waals surface area contributed by atoms with Gasteiger partial charge in [-0.05, 0) is 26.3 Å². The van der Waals surface area contributed by atoms with E-state index in [0.29, 0.717) is 12.0 Å². The van der Waals surface area contributed by atoms with Crippen LogP contribution in [-0.4, -0.2) is 26.9 Å². The van der Waals surface area contributed by atoms with E-state index in [-0.39, 0.29) is 0 Å². The topological polar surface area (TPSA) is 55.1 Å². The molecule has 2 aromatic rings. The molecule has 6 heteroatoms.